The second-order valence-electron chi connectivity index (χ2n) is 3.53. The molecule has 1 aromatic rings. The van der Waals surface area contributed by atoms with Gasteiger partial charge in [0.25, 0.3) is 0 Å². The van der Waals surface area contributed by atoms with Crippen molar-refractivity contribution < 1.29 is 4.74 Å². The fourth-order valence-corrected chi connectivity index (χ4v) is 2.63. The fraction of sp³-hybridized carbons (Fsp3) is 0.333. The number of hydrogen-bond donors (Lipinski definition) is 0. The van der Waals surface area contributed by atoms with Gasteiger partial charge in [0.05, 0.1) is 18.2 Å². The van der Waals surface area contributed by atoms with Crippen LogP contribution in [0.4, 0.5) is 0 Å². The fourth-order valence-electron chi connectivity index (χ4n) is 1.69. The van der Waals surface area contributed by atoms with Gasteiger partial charge in [0.1, 0.15) is 17.0 Å². The van der Waals surface area contributed by atoms with Gasteiger partial charge < -0.3 is 4.74 Å². The molecule has 1 heterocycles. The number of nitriles is 1. The first kappa shape index (κ1) is 11.0. The molecule has 0 aromatic heterocycles. The summed E-state index contributed by atoms with van der Waals surface area (Å²) >= 11 is 1.54. The maximum absolute atomic E-state index is 9.05. The van der Waals surface area contributed by atoms with Gasteiger partial charge in [0, 0.05) is 0 Å². The summed E-state index contributed by atoms with van der Waals surface area (Å²) < 4.78 is 5.10. The highest BCUT2D eigenvalue weighted by Crippen LogP contribution is 2.37. The van der Waals surface area contributed by atoms with Crippen molar-refractivity contribution in [1.29, 1.82) is 5.26 Å². The molecule has 0 bridgehead atoms. The number of thioether (sulfide) groups is 1. The van der Waals surface area contributed by atoms with E-state index in [9.17, 15) is 0 Å². The highest BCUT2D eigenvalue weighted by atomic mass is 32.2. The molecule has 16 heavy (non-hydrogen) atoms. The predicted molar refractivity (Wildman–Crippen MR) is 65.8 cm³/mol. The number of ether oxygens (including phenoxy) is 1. The highest BCUT2D eigenvalue weighted by molar-refractivity contribution is 8.14. The van der Waals surface area contributed by atoms with E-state index < -0.39 is 0 Å². The minimum absolute atomic E-state index is 0.0408. The molecule has 1 aliphatic rings. The van der Waals surface area contributed by atoms with Gasteiger partial charge in [0.15, 0.2) is 0 Å². The Morgan fingerprint density at radius 3 is 2.62 bits per heavy atom. The highest BCUT2D eigenvalue weighted by Gasteiger charge is 2.29. The third-order valence-electron chi connectivity index (χ3n) is 2.49. The van der Waals surface area contributed by atoms with E-state index >= 15 is 0 Å². The van der Waals surface area contributed by atoms with Crippen LogP contribution >= 0.6 is 11.8 Å². The summed E-state index contributed by atoms with van der Waals surface area (Å²) in [5.41, 5.74) is 1.07. The molecular formula is C12H12N2OS. The van der Waals surface area contributed by atoms with Crippen molar-refractivity contribution in [2.75, 3.05) is 7.11 Å². The lowest BCUT2D eigenvalue weighted by Gasteiger charge is -2.11. The van der Waals surface area contributed by atoms with Crippen LogP contribution in [-0.2, 0) is 0 Å². The molecule has 0 spiro atoms. The number of methoxy groups -OCH3 is 1. The van der Waals surface area contributed by atoms with Crippen LogP contribution in [0.1, 0.15) is 18.5 Å². The van der Waals surface area contributed by atoms with Crippen molar-refractivity contribution in [3.63, 3.8) is 0 Å². The molecule has 2 rings (SSSR count). The van der Waals surface area contributed by atoms with E-state index in [0.717, 1.165) is 16.4 Å². The Balaban J connectivity index is 2.26. The van der Waals surface area contributed by atoms with Crippen LogP contribution in [0, 0.1) is 11.3 Å². The van der Waals surface area contributed by atoms with Crippen molar-refractivity contribution in [3.8, 4) is 11.8 Å². The maximum atomic E-state index is 9.05. The van der Waals surface area contributed by atoms with E-state index in [1.54, 1.807) is 7.11 Å². The molecule has 1 aromatic carbocycles. The number of benzene rings is 1. The Bertz CT molecular complexity index is 447. The molecule has 82 valence electrons. The van der Waals surface area contributed by atoms with Crippen LogP contribution in [-0.4, -0.2) is 17.4 Å². The molecular weight excluding hydrogens is 220 g/mol. The molecule has 0 saturated heterocycles. The van der Waals surface area contributed by atoms with E-state index in [1.807, 2.05) is 31.2 Å². The van der Waals surface area contributed by atoms with Gasteiger partial charge in [-0.3, -0.25) is 4.99 Å². The SMILES string of the molecule is COc1ccc(C2N=C(C)SC2C#N)cc1. The van der Waals surface area contributed by atoms with Crippen LogP contribution in [0.5, 0.6) is 5.75 Å². The zero-order chi connectivity index (χ0) is 11.5. The Hall–Kier alpha value is -1.47. The van der Waals surface area contributed by atoms with Gasteiger partial charge in [-0.15, -0.1) is 0 Å². The molecule has 0 radical (unpaired) electrons. The summed E-state index contributed by atoms with van der Waals surface area (Å²) in [6, 6.07) is 9.99. The lowest BCUT2D eigenvalue weighted by Crippen LogP contribution is -2.06. The third-order valence-corrected chi connectivity index (χ3v) is 3.55. The second kappa shape index (κ2) is 4.58. The van der Waals surface area contributed by atoms with Gasteiger partial charge in [-0.05, 0) is 24.6 Å². The van der Waals surface area contributed by atoms with E-state index in [2.05, 4.69) is 11.1 Å². The van der Waals surface area contributed by atoms with E-state index in [4.69, 9.17) is 10.00 Å². The van der Waals surface area contributed by atoms with Crippen LogP contribution in [0.3, 0.4) is 0 Å². The molecule has 0 fully saturated rings. The van der Waals surface area contributed by atoms with Crippen molar-refractivity contribution in [3.05, 3.63) is 29.8 Å². The summed E-state index contributed by atoms with van der Waals surface area (Å²) in [4.78, 5) is 4.48. The molecule has 1 aliphatic heterocycles. The van der Waals surface area contributed by atoms with Gasteiger partial charge in [0.2, 0.25) is 0 Å². The first-order chi connectivity index (χ1) is 7.74. The van der Waals surface area contributed by atoms with Gasteiger partial charge in [-0.25, -0.2) is 0 Å². The Morgan fingerprint density at radius 2 is 2.06 bits per heavy atom. The lowest BCUT2D eigenvalue weighted by molar-refractivity contribution is 0.414. The molecule has 0 N–H and O–H groups in total. The Labute approximate surface area is 99.1 Å². The molecule has 3 nitrogen and oxygen atoms in total. The van der Waals surface area contributed by atoms with Crippen LogP contribution < -0.4 is 4.74 Å². The summed E-state index contributed by atoms with van der Waals surface area (Å²) in [5.74, 6) is 0.823. The lowest BCUT2D eigenvalue weighted by atomic mass is 10.0. The smallest absolute Gasteiger partial charge is 0.124 e. The number of rotatable bonds is 2. The summed E-state index contributed by atoms with van der Waals surface area (Å²) in [6.45, 7) is 1.94. The quantitative estimate of drug-likeness (QED) is 0.787. The van der Waals surface area contributed by atoms with Crippen molar-refractivity contribution in [2.45, 2.75) is 18.2 Å². The van der Waals surface area contributed by atoms with Crippen molar-refractivity contribution in [2.24, 2.45) is 4.99 Å². The average molecular weight is 232 g/mol. The van der Waals surface area contributed by atoms with Crippen molar-refractivity contribution in [1.82, 2.24) is 0 Å². The summed E-state index contributed by atoms with van der Waals surface area (Å²) in [6.07, 6.45) is 0. The predicted octanol–water partition coefficient (Wildman–Crippen LogP) is 2.79. The standard InChI is InChI=1S/C12H12N2OS/c1-8-14-12(11(7-13)16-8)9-3-5-10(15-2)6-4-9/h3-6,11-12H,1-2H3. The molecule has 2 unspecified atom stereocenters. The molecule has 0 saturated carbocycles. The van der Waals surface area contributed by atoms with E-state index in [1.165, 1.54) is 11.8 Å². The molecule has 0 aliphatic carbocycles. The number of aliphatic imine (C=N–C) groups is 1. The minimum atomic E-state index is -0.103. The zero-order valence-corrected chi connectivity index (χ0v) is 9.99. The Morgan fingerprint density at radius 1 is 1.38 bits per heavy atom. The maximum Gasteiger partial charge on any atom is 0.124 e. The van der Waals surface area contributed by atoms with Crippen LogP contribution in [0.2, 0.25) is 0 Å². The van der Waals surface area contributed by atoms with E-state index in [-0.39, 0.29) is 11.3 Å². The monoisotopic (exact) mass is 232 g/mol. The summed E-state index contributed by atoms with van der Waals surface area (Å²) in [7, 11) is 1.64. The zero-order valence-electron chi connectivity index (χ0n) is 9.18. The normalized spacial score (nSPS) is 23.7. The van der Waals surface area contributed by atoms with Crippen LogP contribution in [0.25, 0.3) is 0 Å². The number of hydrogen-bond acceptors (Lipinski definition) is 4. The summed E-state index contributed by atoms with van der Waals surface area (Å²) in [5, 5.41) is 9.92. The van der Waals surface area contributed by atoms with E-state index in [0.29, 0.717) is 0 Å². The number of nitrogens with zero attached hydrogens (tertiary/aromatic N) is 2. The second-order valence-corrected chi connectivity index (χ2v) is 4.87. The molecule has 2 atom stereocenters. The first-order valence-electron chi connectivity index (χ1n) is 4.99. The van der Waals surface area contributed by atoms with Crippen molar-refractivity contribution >= 4 is 16.8 Å². The average Bonchev–Trinajstić information content (AvgIpc) is 2.70. The third kappa shape index (κ3) is 2.05. The van der Waals surface area contributed by atoms with Gasteiger partial charge >= 0.3 is 0 Å². The Kier molecular flexibility index (Phi) is 3.16. The van der Waals surface area contributed by atoms with Gasteiger partial charge in [-0.1, -0.05) is 23.9 Å². The van der Waals surface area contributed by atoms with Crippen LogP contribution in [0.15, 0.2) is 29.3 Å². The minimum Gasteiger partial charge on any atom is -0.497 e. The largest absolute Gasteiger partial charge is 0.497 e. The molecule has 0 amide bonds. The van der Waals surface area contributed by atoms with Gasteiger partial charge in [-0.2, -0.15) is 5.26 Å². The molecule has 4 heteroatoms. The first-order valence-corrected chi connectivity index (χ1v) is 5.87. The topological polar surface area (TPSA) is 45.4 Å².